The van der Waals surface area contributed by atoms with E-state index in [1.807, 2.05) is 0 Å². The van der Waals surface area contributed by atoms with E-state index < -0.39 is 17.8 Å². The second kappa shape index (κ2) is 8.21. The van der Waals surface area contributed by atoms with Crippen LogP contribution in [0.15, 0.2) is 53.1 Å². The monoisotopic (exact) mass is 407 g/mol. The highest BCUT2D eigenvalue weighted by atomic mass is 19.4. The van der Waals surface area contributed by atoms with Crippen LogP contribution in [0.4, 0.5) is 23.8 Å². The number of hydrogen-bond acceptors (Lipinski definition) is 5. The first-order valence-corrected chi connectivity index (χ1v) is 8.44. The van der Waals surface area contributed by atoms with Crippen LogP contribution < -0.4 is 5.32 Å². The number of anilines is 1. The second-order valence-corrected chi connectivity index (χ2v) is 6.12. The summed E-state index contributed by atoms with van der Waals surface area (Å²) in [5.41, 5.74) is -0.608. The molecule has 0 atom stereocenters. The third-order valence-electron chi connectivity index (χ3n) is 3.82. The van der Waals surface area contributed by atoms with Gasteiger partial charge in [0.1, 0.15) is 12.4 Å². The van der Waals surface area contributed by atoms with Crippen LogP contribution in [0.1, 0.15) is 34.4 Å². The molecule has 1 amide bonds. The van der Waals surface area contributed by atoms with Gasteiger partial charge in [-0.1, -0.05) is 12.1 Å². The first-order chi connectivity index (χ1) is 13.7. The molecular formula is C19H16F3N3O4. The van der Waals surface area contributed by atoms with E-state index in [9.17, 15) is 22.8 Å². The topological polar surface area (TPSA) is 86.4 Å². The summed E-state index contributed by atoms with van der Waals surface area (Å²) < 4.78 is 49.9. The molecule has 3 rings (SSSR count). The van der Waals surface area contributed by atoms with Crippen LogP contribution in [0, 0.1) is 0 Å². The van der Waals surface area contributed by atoms with Crippen molar-refractivity contribution in [3.05, 3.63) is 71.3 Å². The maximum Gasteiger partial charge on any atom is 0.416 e. The summed E-state index contributed by atoms with van der Waals surface area (Å²) in [6, 6.07) is 9.25. The third kappa shape index (κ3) is 5.47. The first-order valence-electron chi connectivity index (χ1n) is 8.44. The van der Waals surface area contributed by atoms with E-state index in [-0.39, 0.29) is 36.1 Å². The Balaban J connectivity index is 1.53. The lowest BCUT2D eigenvalue weighted by Crippen LogP contribution is -2.14. The van der Waals surface area contributed by atoms with Crippen LogP contribution in [0.5, 0.6) is 0 Å². The molecule has 29 heavy (non-hydrogen) atoms. The van der Waals surface area contributed by atoms with Crippen LogP contribution >= 0.6 is 0 Å². The van der Waals surface area contributed by atoms with Gasteiger partial charge in [-0.3, -0.25) is 14.8 Å². The lowest BCUT2D eigenvalue weighted by molar-refractivity contribution is -0.137. The maximum atomic E-state index is 12.7. The summed E-state index contributed by atoms with van der Waals surface area (Å²) in [6.45, 7) is 1.31. The molecule has 0 aliphatic carbocycles. The molecule has 0 aliphatic rings. The molecule has 152 valence electrons. The van der Waals surface area contributed by atoms with Gasteiger partial charge in [-0.05, 0) is 29.8 Å². The third-order valence-corrected chi connectivity index (χ3v) is 3.82. The predicted molar refractivity (Wildman–Crippen MR) is 95.3 cm³/mol. The van der Waals surface area contributed by atoms with Crippen molar-refractivity contribution in [1.82, 2.24) is 9.78 Å². The highest BCUT2D eigenvalue weighted by Gasteiger charge is 2.30. The zero-order chi connectivity index (χ0) is 21.0. The van der Waals surface area contributed by atoms with Crippen molar-refractivity contribution in [3.63, 3.8) is 0 Å². The lowest BCUT2D eigenvalue weighted by atomic mass is 10.1. The van der Waals surface area contributed by atoms with Crippen LogP contribution in [-0.4, -0.2) is 21.7 Å². The molecule has 0 saturated heterocycles. The Morgan fingerprint density at radius 1 is 1.21 bits per heavy atom. The van der Waals surface area contributed by atoms with Crippen molar-refractivity contribution in [2.45, 2.75) is 26.3 Å². The highest BCUT2D eigenvalue weighted by molar-refractivity contribution is 5.91. The Morgan fingerprint density at radius 2 is 2.00 bits per heavy atom. The summed E-state index contributed by atoms with van der Waals surface area (Å²) in [5, 5.41) is 6.50. The molecule has 10 heteroatoms. The fourth-order valence-corrected chi connectivity index (χ4v) is 2.46. The Morgan fingerprint density at radius 3 is 2.69 bits per heavy atom. The number of ether oxygens (including phenoxy) is 1. The van der Waals surface area contributed by atoms with Crippen LogP contribution in [0.2, 0.25) is 0 Å². The fraction of sp³-hybridized carbons (Fsp3) is 0.211. The van der Waals surface area contributed by atoms with Gasteiger partial charge in [0, 0.05) is 19.2 Å². The summed E-state index contributed by atoms with van der Waals surface area (Å²) in [6.07, 6.45) is -3.74. The zero-order valence-corrected chi connectivity index (χ0v) is 15.2. The Bertz CT molecular complexity index is 1020. The summed E-state index contributed by atoms with van der Waals surface area (Å²) in [5.74, 6) is 0.751. The average molecular weight is 407 g/mol. The van der Waals surface area contributed by atoms with E-state index in [2.05, 4.69) is 10.4 Å². The van der Waals surface area contributed by atoms with Gasteiger partial charge in [-0.25, -0.2) is 4.79 Å². The van der Waals surface area contributed by atoms with E-state index in [1.165, 1.54) is 29.8 Å². The molecular weight excluding hydrogens is 391 g/mol. The number of nitrogens with one attached hydrogen (secondary N) is 1. The molecule has 0 bridgehead atoms. The normalized spacial score (nSPS) is 11.3. The molecule has 3 aromatic rings. The Kier molecular flexibility index (Phi) is 5.71. The van der Waals surface area contributed by atoms with E-state index in [1.54, 1.807) is 18.3 Å². The number of alkyl halides is 3. The van der Waals surface area contributed by atoms with E-state index in [4.69, 9.17) is 9.15 Å². The molecule has 1 aromatic carbocycles. The van der Waals surface area contributed by atoms with Gasteiger partial charge in [-0.15, -0.1) is 0 Å². The summed E-state index contributed by atoms with van der Waals surface area (Å²) in [4.78, 5) is 23.1. The van der Waals surface area contributed by atoms with Gasteiger partial charge in [0.25, 0.3) is 0 Å². The smallest absolute Gasteiger partial charge is 0.416 e. The van der Waals surface area contributed by atoms with E-state index >= 15 is 0 Å². The molecule has 1 N–H and O–H groups in total. The van der Waals surface area contributed by atoms with Crippen molar-refractivity contribution in [3.8, 4) is 0 Å². The van der Waals surface area contributed by atoms with Gasteiger partial charge in [-0.2, -0.15) is 18.3 Å². The molecule has 0 fully saturated rings. The van der Waals surface area contributed by atoms with Crippen molar-refractivity contribution in [2.75, 3.05) is 5.32 Å². The molecule has 0 saturated carbocycles. The van der Waals surface area contributed by atoms with Gasteiger partial charge in [0.15, 0.2) is 17.4 Å². The number of carbonyl (C=O) groups excluding carboxylic acids is 2. The van der Waals surface area contributed by atoms with Gasteiger partial charge < -0.3 is 9.15 Å². The molecule has 0 radical (unpaired) electrons. The molecule has 0 aliphatic heterocycles. The van der Waals surface area contributed by atoms with Gasteiger partial charge in [0.2, 0.25) is 0 Å². The lowest BCUT2D eigenvalue weighted by Gasteiger charge is -2.09. The van der Waals surface area contributed by atoms with Gasteiger partial charge >= 0.3 is 12.3 Å². The van der Waals surface area contributed by atoms with Crippen molar-refractivity contribution >= 4 is 17.7 Å². The standard InChI is InChI=1S/C19H16F3N3O4/c1-12(26)16-6-5-15(29-16)10-25-8-7-17(24-25)23-18(27)28-11-13-3-2-4-14(9-13)19(20,21)22/h2-9H,10-11H2,1H3,(H,23,24,27). The van der Waals surface area contributed by atoms with E-state index in [0.717, 1.165) is 12.1 Å². The number of ketones is 1. The zero-order valence-electron chi connectivity index (χ0n) is 15.2. The number of benzene rings is 1. The number of hydrogen-bond donors (Lipinski definition) is 1. The second-order valence-electron chi connectivity index (χ2n) is 6.12. The van der Waals surface area contributed by atoms with Crippen molar-refractivity contribution in [2.24, 2.45) is 0 Å². The first kappa shape index (κ1) is 20.2. The van der Waals surface area contributed by atoms with Crippen LogP contribution in [0.3, 0.4) is 0 Å². The molecule has 0 unspecified atom stereocenters. The van der Waals surface area contributed by atoms with E-state index in [0.29, 0.717) is 5.76 Å². The van der Waals surface area contributed by atoms with Crippen LogP contribution in [-0.2, 0) is 24.1 Å². The number of carbonyl (C=O) groups is 2. The number of halogens is 3. The Labute approximate surface area is 163 Å². The van der Waals surface area contributed by atoms with Crippen LogP contribution in [0.25, 0.3) is 0 Å². The average Bonchev–Trinajstić information content (AvgIpc) is 3.30. The Hall–Kier alpha value is -3.56. The van der Waals surface area contributed by atoms with Crippen molar-refractivity contribution in [1.29, 1.82) is 0 Å². The minimum atomic E-state index is -4.47. The molecule has 7 nitrogen and oxygen atoms in total. The minimum absolute atomic E-state index is 0.192. The number of amides is 1. The SMILES string of the molecule is CC(=O)c1ccc(Cn2ccc(NC(=O)OCc3cccc(C(F)(F)F)c3)n2)o1. The maximum absolute atomic E-state index is 12.7. The quantitative estimate of drug-likeness (QED) is 0.609. The molecule has 2 aromatic heterocycles. The number of Topliss-reactive ketones (excluding diaryl/α,β-unsaturated/α-hetero) is 1. The highest BCUT2D eigenvalue weighted by Crippen LogP contribution is 2.29. The number of rotatable bonds is 6. The number of nitrogens with zero attached hydrogens (tertiary/aromatic N) is 2. The van der Waals surface area contributed by atoms with Crippen molar-refractivity contribution < 1.29 is 31.9 Å². The summed E-state index contributed by atoms with van der Waals surface area (Å²) in [7, 11) is 0. The molecule has 0 spiro atoms. The largest absolute Gasteiger partial charge is 0.456 e. The summed E-state index contributed by atoms with van der Waals surface area (Å²) >= 11 is 0. The molecule has 2 heterocycles. The number of aromatic nitrogens is 2. The van der Waals surface area contributed by atoms with Gasteiger partial charge in [0.05, 0.1) is 12.1 Å². The minimum Gasteiger partial charge on any atom is -0.456 e. The predicted octanol–water partition coefficient (Wildman–Crippen LogP) is 4.49. The fourth-order valence-electron chi connectivity index (χ4n) is 2.46. The number of furan rings is 1.